The molecule has 0 bridgehead atoms. The summed E-state index contributed by atoms with van der Waals surface area (Å²) >= 11 is 0. The molecule has 2 aliphatic heterocycles. The molecule has 0 spiro atoms. The van der Waals surface area contributed by atoms with Gasteiger partial charge in [-0.05, 0) is 47.3 Å². The van der Waals surface area contributed by atoms with Gasteiger partial charge in [0.25, 0.3) is 0 Å². The molecule has 2 rings (SSSR count). The Balaban J connectivity index is 2.04. The first-order chi connectivity index (χ1) is 12.1. The average Bonchev–Trinajstić information content (AvgIpc) is 2.50. The number of rotatable bonds is 7. The SMILES string of the molecule is CC(C)CC1CN(P(=O)(OCC2CN(C)CC(C)O2)N(C)C)CC(C)O1. The first kappa shape index (κ1) is 22.3. The van der Waals surface area contributed by atoms with Crippen LogP contribution < -0.4 is 0 Å². The van der Waals surface area contributed by atoms with Crippen LogP contribution in [0.15, 0.2) is 0 Å². The molecule has 5 unspecified atom stereocenters. The molecule has 2 fully saturated rings. The fraction of sp³-hybridized carbons (Fsp3) is 1.00. The predicted octanol–water partition coefficient (Wildman–Crippen LogP) is 2.53. The van der Waals surface area contributed by atoms with E-state index in [0.717, 1.165) is 19.5 Å². The van der Waals surface area contributed by atoms with Crippen LogP contribution in [-0.4, -0.2) is 92.6 Å². The summed E-state index contributed by atoms with van der Waals surface area (Å²) in [5, 5.41) is 0. The summed E-state index contributed by atoms with van der Waals surface area (Å²) in [6, 6.07) is 0. The molecule has 26 heavy (non-hydrogen) atoms. The number of hydrogen-bond donors (Lipinski definition) is 0. The number of morpholine rings is 2. The fourth-order valence-electron chi connectivity index (χ4n) is 3.88. The van der Waals surface area contributed by atoms with Crippen molar-refractivity contribution in [3.05, 3.63) is 0 Å². The van der Waals surface area contributed by atoms with Gasteiger partial charge in [-0.2, -0.15) is 0 Å². The average molecular weight is 391 g/mol. The van der Waals surface area contributed by atoms with Gasteiger partial charge in [0.05, 0.1) is 31.0 Å². The number of ether oxygens (including phenoxy) is 2. The summed E-state index contributed by atoms with van der Waals surface area (Å²) < 4.78 is 35.6. The maximum atomic E-state index is 13.8. The van der Waals surface area contributed by atoms with Gasteiger partial charge in [0, 0.05) is 26.2 Å². The molecule has 154 valence electrons. The summed E-state index contributed by atoms with van der Waals surface area (Å²) in [6.45, 7) is 11.8. The smallest absolute Gasteiger partial charge is 0.345 e. The molecule has 0 aromatic rings. The first-order valence-electron chi connectivity index (χ1n) is 9.77. The Hall–Kier alpha value is -0.0100. The van der Waals surface area contributed by atoms with Gasteiger partial charge in [-0.25, -0.2) is 9.34 Å². The fourth-order valence-corrected chi connectivity index (χ4v) is 5.97. The standard InChI is InChI=1S/C18H38N3O4P/c1-14(2)8-17-12-21(10-16(4)24-17)26(22,19(5)6)23-13-18-11-20(7)9-15(3)25-18/h14-18H,8-13H2,1-7H3. The van der Waals surface area contributed by atoms with E-state index in [9.17, 15) is 4.57 Å². The number of hydrogen-bond acceptors (Lipinski definition) is 5. The molecule has 8 heteroatoms. The monoisotopic (exact) mass is 391 g/mol. The lowest BCUT2D eigenvalue weighted by molar-refractivity contribution is -0.0903. The highest BCUT2D eigenvalue weighted by Gasteiger charge is 2.41. The zero-order chi connectivity index (χ0) is 19.5. The van der Waals surface area contributed by atoms with Crippen LogP contribution in [0.2, 0.25) is 0 Å². The summed E-state index contributed by atoms with van der Waals surface area (Å²) in [5.41, 5.74) is 0. The zero-order valence-corrected chi connectivity index (χ0v) is 18.4. The van der Waals surface area contributed by atoms with E-state index in [2.05, 4.69) is 32.7 Å². The minimum absolute atomic E-state index is 0.0430. The Kier molecular flexibility index (Phi) is 8.11. The van der Waals surface area contributed by atoms with Crippen molar-refractivity contribution in [3.63, 3.8) is 0 Å². The lowest BCUT2D eigenvalue weighted by Crippen LogP contribution is -2.49. The molecule has 7 nitrogen and oxygen atoms in total. The molecule has 2 aliphatic rings. The van der Waals surface area contributed by atoms with E-state index in [0.29, 0.717) is 25.6 Å². The van der Waals surface area contributed by atoms with Crippen LogP contribution in [0.5, 0.6) is 0 Å². The van der Waals surface area contributed by atoms with E-state index < -0.39 is 7.67 Å². The molecular formula is C18H38N3O4P. The van der Waals surface area contributed by atoms with Gasteiger partial charge in [-0.3, -0.25) is 4.57 Å². The number of likely N-dealkylation sites (N-methyl/N-ethyl adjacent to an activating group) is 1. The molecular weight excluding hydrogens is 353 g/mol. The van der Waals surface area contributed by atoms with Crippen LogP contribution in [0.3, 0.4) is 0 Å². The van der Waals surface area contributed by atoms with Crippen LogP contribution in [-0.2, 0) is 18.6 Å². The normalized spacial score (nSPS) is 34.3. The first-order valence-corrected chi connectivity index (χ1v) is 11.3. The van der Waals surface area contributed by atoms with Crippen molar-refractivity contribution in [2.24, 2.45) is 5.92 Å². The van der Waals surface area contributed by atoms with Crippen molar-refractivity contribution in [1.82, 2.24) is 14.2 Å². The third kappa shape index (κ3) is 5.99. The Labute approximate surface area is 159 Å². The number of nitrogens with zero attached hydrogens (tertiary/aromatic N) is 3. The van der Waals surface area contributed by atoms with Crippen LogP contribution >= 0.6 is 7.67 Å². The molecule has 2 heterocycles. The highest BCUT2D eigenvalue weighted by molar-refractivity contribution is 7.53. The van der Waals surface area contributed by atoms with Gasteiger partial charge in [-0.1, -0.05) is 13.8 Å². The quantitative estimate of drug-likeness (QED) is 0.618. The van der Waals surface area contributed by atoms with Crippen LogP contribution in [0.25, 0.3) is 0 Å². The van der Waals surface area contributed by atoms with E-state index in [1.807, 2.05) is 25.7 Å². The highest BCUT2D eigenvalue weighted by Crippen LogP contribution is 2.54. The summed E-state index contributed by atoms with van der Waals surface area (Å²) in [5.74, 6) is 0.541. The molecule has 5 atom stereocenters. The summed E-state index contributed by atoms with van der Waals surface area (Å²) in [6.07, 6.45) is 1.21. The lowest BCUT2D eigenvalue weighted by Gasteiger charge is -2.43. The molecule has 0 saturated carbocycles. The van der Waals surface area contributed by atoms with Gasteiger partial charge in [0.2, 0.25) is 0 Å². The van der Waals surface area contributed by atoms with E-state index in [1.54, 1.807) is 4.67 Å². The lowest BCUT2D eigenvalue weighted by atomic mass is 10.0. The Morgan fingerprint density at radius 3 is 2.27 bits per heavy atom. The minimum Gasteiger partial charge on any atom is -0.373 e. The second kappa shape index (κ2) is 9.46. The third-order valence-electron chi connectivity index (χ3n) is 4.84. The predicted molar refractivity (Wildman–Crippen MR) is 104 cm³/mol. The maximum Gasteiger partial charge on any atom is 0.345 e. The van der Waals surface area contributed by atoms with Crippen molar-refractivity contribution >= 4 is 7.67 Å². The Morgan fingerprint density at radius 1 is 1.08 bits per heavy atom. The van der Waals surface area contributed by atoms with Gasteiger partial charge in [-0.15, -0.1) is 0 Å². The molecule has 0 radical (unpaired) electrons. The second-order valence-electron chi connectivity index (χ2n) is 8.49. The molecule has 0 aliphatic carbocycles. The maximum absolute atomic E-state index is 13.8. The Morgan fingerprint density at radius 2 is 1.69 bits per heavy atom. The van der Waals surface area contributed by atoms with Crippen molar-refractivity contribution < 1.29 is 18.6 Å². The van der Waals surface area contributed by atoms with Crippen LogP contribution in [0.1, 0.15) is 34.1 Å². The van der Waals surface area contributed by atoms with Crippen molar-refractivity contribution in [2.75, 3.05) is 53.9 Å². The minimum atomic E-state index is -3.10. The Bertz CT molecular complexity index is 479. The second-order valence-corrected chi connectivity index (χ2v) is 11.1. The van der Waals surface area contributed by atoms with E-state index in [-0.39, 0.29) is 24.4 Å². The molecule has 0 aromatic carbocycles. The van der Waals surface area contributed by atoms with Gasteiger partial charge < -0.3 is 18.9 Å². The van der Waals surface area contributed by atoms with E-state index in [1.165, 1.54) is 0 Å². The summed E-state index contributed by atoms with van der Waals surface area (Å²) in [7, 11) is 2.63. The van der Waals surface area contributed by atoms with E-state index >= 15 is 0 Å². The van der Waals surface area contributed by atoms with Crippen molar-refractivity contribution in [3.8, 4) is 0 Å². The zero-order valence-electron chi connectivity index (χ0n) is 17.6. The molecule has 0 amide bonds. The third-order valence-corrected chi connectivity index (χ3v) is 7.38. The van der Waals surface area contributed by atoms with Gasteiger partial charge in [0.15, 0.2) is 0 Å². The van der Waals surface area contributed by atoms with Crippen LogP contribution in [0.4, 0.5) is 0 Å². The van der Waals surface area contributed by atoms with Crippen molar-refractivity contribution in [1.29, 1.82) is 0 Å². The molecule has 0 N–H and O–H groups in total. The largest absolute Gasteiger partial charge is 0.373 e. The van der Waals surface area contributed by atoms with Gasteiger partial charge >= 0.3 is 7.67 Å². The van der Waals surface area contributed by atoms with Crippen molar-refractivity contribution in [2.45, 2.75) is 58.5 Å². The molecule has 2 saturated heterocycles. The molecule has 0 aromatic heterocycles. The van der Waals surface area contributed by atoms with E-state index in [4.69, 9.17) is 14.0 Å². The van der Waals surface area contributed by atoms with Crippen LogP contribution in [0, 0.1) is 5.92 Å². The van der Waals surface area contributed by atoms with Gasteiger partial charge in [0.1, 0.15) is 0 Å². The summed E-state index contributed by atoms with van der Waals surface area (Å²) in [4.78, 5) is 2.23. The highest BCUT2D eigenvalue weighted by atomic mass is 31.2. The topological polar surface area (TPSA) is 54.5 Å².